The first-order valence-corrected chi connectivity index (χ1v) is 5.45. The fraction of sp³-hybridized carbons (Fsp3) is 0.538. The highest BCUT2D eigenvalue weighted by Gasteiger charge is 2.40. The van der Waals surface area contributed by atoms with Crippen molar-refractivity contribution < 1.29 is 9.50 Å². The number of aliphatic hydroxyl groups is 1. The smallest absolute Gasteiger partial charge is 0.123 e. The SMILES string of the molecule is Cc1cc(F)cc(C)c1C(O)C1CC1C. The minimum absolute atomic E-state index is 0.218. The molecule has 1 N–H and O–H groups in total. The number of hydrogen-bond donors (Lipinski definition) is 1. The lowest BCUT2D eigenvalue weighted by molar-refractivity contribution is 0.146. The van der Waals surface area contributed by atoms with E-state index in [1.54, 1.807) is 0 Å². The van der Waals surface area contributed by atoms with E-state index in [4.69, 9.17) is 0 Å². The van der Waals surface area contributed by atoms with E-state index in [1.165, 1.54) is 12.1 Å². The molecular formula is C13H17FO. The van der Waals surface area contributed by atoms with Gasteiger partial charge in [-0.15, -0.1) is 0 Å². The number of aryl methyl sites for hydroxylation is 2. The Labute approximate surface area is 89.9 Å². The van der Waals surface area contributed by atoms with Gasteiger partial charge in [0.15, 0.2) is 0 Å². The van der Waals surface area contributed by atoms with Gasteiger partial charge in [-0.2, -0.15) is 0 Å². The highest BCUT2D eigenvalue weighted by atomic mass is 19.1. The Hall–Kier alpha value is -0.890. The molecule has 0 aliphatic heterocycles. The summed E-state index contributed by atoms with van der Waals surface area (Å²) in [4.78, 5) is 0. The second-order valence-corrected chi connectivity index (χ2v) is 4.77. The number of aliphatic hydroxyl groups excluding tert-OH is 1. The van der Waals surface area contributed by atoms with E-state index >= 15 is 0 Å². The van der Waals surface area contributed by atoms with Crippen LogP contribution in [0, 0.1) is 31.5 Å². The Morgan fingerprint density at radius 1 is 1.33 bits per heavy atom. The van der Waals surface area contributed by atoms with Crippen molar-refractivity contribution in [3.8, 4) is 0 Å². The molecule has 82 valence electrons. The van der Waals surface area contributed by atoms with E-state index in [-0.39, 0.29) is 5.82 Å². The topological polar surface area (TPSA) is 20.2 Å². The lowest BCUT2D eigenvalue weighted by Crippen LogP contribution is -2.06. The van der Waals surface area contributed by atoms with Crippen LogP contribution in [0.15, 0.2) is 12.1 Å². The second-order valence-electron chi connectivity index (χ2n) is 4.77. The minimum atomic E-state index is -0.416. The van der Waals surface area contributed by atoms with Crippen LogP contribution in [0.2, 0.25) is 0 Å². The van der Waals surface area contributed by atoms with E-state index in [0.717, 1.165) is 23.1 Å². The Bertz CT molecular complexity index is 363. The van der Waals surface area contributed by atoms with Gasteiger partial charge < -0.3 is 5.11 Å². The second kappa shape index (κ2) is 3.60. The first-order valence-electron chi connectivity index (χ1n) is 5.45. The van der Waals surface area contributed by atoms with Crippen LogP contribution in [0.5, 0.6) is 0 Å². The Morgan fingerprint density at radius 2 is 1.80 bits per heavy atom. The van der Waals surface area contributed by atoms with Gasteiger partial charge >= 0.3 is 0 Å². The zero-order valence-corrected chi connectivity index (χ0v) is 9.42. The van der Waals surface area contributed by atoms with Crippen LogP contribution in [-0.4, -0.2) is 5.11 Å². The molecule has 0 bridgehead atoms. The van der Waals surface area contributed by atoms with Crippen molar-refractivity contribution in [3.05, 3.63) is 34.6 Å². The predicted molar refractivity (Wildman–Crippen MR) is 58.1 cm³/mol. The molecule has 0 radical (unpaired) electrons. The van der Waals surface area contributed by atoms with Gasteiger partial charge in [0.1, 0.15) is 5.82 Å². The molecule has 2 rings (SSSR count). The molecule has 3 atom stereocenters. The average molecular weight is 208 g/mol. The van der Waals surface area contributed by atoms with Crippen LogP contribution in [0.3, 0.4) is 0 Å². The molecule has 15 heavy (non-hydrogen) atoms. The van der Waals surface area contributed by atoms with Gasteiger partial charge in [0.05, 0.1) is 6.10 Å². The Balaban J connectivity index is 2.35. The largest absolute Gasteiger partial charge is 0.388 e. The summed E-state index contributed by atoms with van der Waals surface area (Å²) in [6, 6.07) is 3.00. The number of halogens is 1. The van der Waals surface area contributed by atoms with Crippen molar-refractivity contribution in [3.63, 3.8) is 0 Å². The van der Waals surface area contributed by atoms with Gasteiger partial charge in [0.25, 0.3) is 0 Å². The van der Waals surface area contributed by atoms with Crippen molar-refractivity contribution in [2.24, 2.45) is 11.8 Å². The number of rotatable bonds is 2. The zero-order chi connectivity index (χ0) is 11.2. The normalized spacial score (nSPS) is 26.5. The van der Waals surface area contributed by atoms with E-state index < -0.39 is 6.10 Å². The maximum Gasteiger partial charge on any atom is 0.123 e. The summed E-state index contributed by atoms with van der Waals surface area (Å²) in [5.41, 5.74) is 2.64. The summed E-state index contributed by atoms with van der Waals surface area (Å²) >= 11 is 0. The molecule has 1 fully saturated rings. The molecule has 1 aromatic carbocycles. The predicted octanol–water partition coefficient (Wildman–Crippen LogP) is 3.13. The maximum atomic E-state index is 13.1. The van der Waals surface area contributed by atoms with Crippen LogP contribution in [0.4, 0.5) is 4.39 Å². The maximum absolute atomic E-state index is 13.1. The highest BCUT2D eigenvalue weighted by molar-refractivity contribution is 5.37. The van der Waals surface area contributed by atoms with Crippen molar-refractivity contribution in [1.29, 1.82) is 0 Å². The molecule has 0 aromatic heterocycles. The number of hydrogen-bond acceptors (Lipinski definition) is 1. The molecule has 1 aliphatic carbocycles. The third-order valence-electron chi connectivity index (χ3n) is 3.43. The lowest BCUT2D eigenvalue weighted by atomic mass is 9.94. The van der Waals surface area contributed by atoms with Crippen LogP contribution in [0.1, 0.15) is 36.1 Å². The van der Waals surface area contributed by atoms with Crippen LogP contribution in [-0.2, 0) is 0 Å². The number of benzene rings is 1. The summed E-state index contributed by atoms with van der Waals surface area (Å²) in [5, 5.41) is 10.2. The van der Waals surface area contributed by atoms with E-state index in [9.17, 15) is 9.50 Å². The standard InChI is InChI=1S/C13H17FO/c1-7-6-11(7)13(15)12-8(2)4-10(14)5-9(12)3/h4-5,7,11,13,15H,6H2,1-3H3. The summed E-state index contributed by atoms with van der Waals surface area (Å²) in [6.45, 7) is 5.87. The van der Waals surface area contributed by atoms with Gasteiger partial charge in [0, 0.05) is 0 Å². The molecule has 2 heteroatoms. The van der Waals surface area contributed by atoms with Gasteiger partial charge in [-0.25, -0.2) is 4.39 Å². The highest BCUT2D eigenvalue weighted by Crippen LogP contribution is 2.48. The first kappa shape index (κ1) is 10.6. The molecule has 1 aromatic rings. The monoisotopic (exact) mass is 208 g/mol. The Morgan fingerprint density at radius 3 is 2.20 bits per heavy atom. The minimum Gasteiger partial charge on any atom is -0.388 e. The van der Waals surface area contributed by atoms with E-state index in [1.807, 2.05) is 13.8 Å². The summed E-state index contributed by atoms with van der Waals surface area (Å²) in [7, 11) is 0. The third kappa shape index (κ3) is 1.91. The van der Waals surface area contributed by atoms with Crippen LogP contribution >= 0.6 is 0 Å². The molecule has 1 saturated carbocycles. The first-order chi connectivity index (χ1) is 7.00. The summed E-state index contributed by atoms with van der Waals surface area (Å²) in [6.07, 6.45) is 0.665. The van der Waals surface area contributed by atoms with E-state index in [2.05, 4.69) is 6.92 Å². The molecule has 3 unspecified atom stereocenters. The van der Waals surface area contributed by atoms with Gasteiger partial charge in [0.2, 0.25) is 0 Å². The third-order valence-corrected chi connectivity index (χ3v) is 3.43. The molecule has 1 nitrogen and oxygen atoms in total. The molecule has 0 spiro atoms. The van der Waals surface area contributed by atoms with Gasteiger partial charge in [-0.1, -0.05) is 6.92 Å². The molecular weight excluding hydrogens is 191 g/mol. The molecule has 1 aliphatic rings. The van der Waals surface area contributed by atoms with Crippen LogP contribution in [0.25, 0.3) is 0 Å². The van der Waals surface area contributed by atoms with E-state index in [0.29, 0.717) is 11.8 Å². The van der Waals surface area contributed by atoms with Crippen molar-refractivity contribution in [1.82, 2.24) is 0 Å². The van der Waals surface area contributed by atoms with Crippen molar-refractivity contribution >= 4 is 0 Å². The van der Waals surface area contributed by atoms with Crippen LogP contribution < -0.4 is 0 Å². The summed E-state index contributed by atoms with van der Waals surface area (Å²) < 4.78 is 13.1. The van der Waals surface area contributed by atoms with Gasteiger partial charge in [-0.05, 0) is 60.9 Å². The average Bonchev–Trinajstić information content (AvgIpc) is 2.80. The fourth-order valence-corrected chi connectivity index (χ4v) is 2.39. The molecule has 0 amide bonds. The van der Waals surface area contributed by atoms with Gasteiger partial charge in [-0.3, -0.25) is 0 Å². The molecule has 0 heterocycles. The zero-order valence-electron chi connectivity index (χ0n) is 9.42. The lowest BCUT2D eigenvalue weighted by Gasteiger charge is -2.16. The summed E-state index contributed by atoms with van der Waals surface area (Å²) in [5.74, 6) is 0.751. The van der Waals surface area contributed by atoms with Crippen molar-refractivity contribution in [2.75, 3.05) is 0 Å². The quantitative estimate of drug-likeness (QED) is 0.791. The Kier molecular flexibility index (Phi) is 2.55. The fourth-order valence-electron chi connectivity index (χ4n) is 2.39. The van der Waals surface area contributed by atoms with Crippen molar-refractivity contribution in [2.45, 2.75) is 33.3 Å². The molecule has 0 saturated heterocycles.